The largest absolute Gasteiger partial charge is 0.401 e. The second-order valence-electron chi connectivity index (χ2n) is 6.41. The predicted octanol–water partition coefficient (Wildman–Crippen LogP) is 5.04. The van der Waals surface area contributed by atoms with Gasteiger partial charge in [0.25, 0.3) is 0 Å². The van der Waals surface area contributed by atoms with E-state index < -0.39 is 12.7 Å². The van der Waals surface area contributed by atoms with Gasteiger partial charge in [-0.25, -0.2) is 0 Å². The standard InChI is InChI=1S/C18H20ClF3N2S/c19-15-3-1-2-14(8-15)17-5-4-16(25-17)10-23-9-13-6-7-24(11-13)12-18(20,21)22/h1-5,8,13,23H,6-7,9-12H2. The second-order valence-corrected chi connectivity index (χ2v) is 8.02. The van der Waals surface area contributed by atoms with Crippen molar-refractivity contribution in [1.82, 2.24) is 10.2 Å². The van der Waals surface area contributed by atoms with Crippen LogP contribution in [0.15, 0.2) is 36.4 Å². The van der Waals surface area contributed by atoms with Crippen molar-refractivity contribution >= 4 is 22.9 Å². The van der Waals surface area contributed by atoms with Crippen LogP contribution in [0.4, 0.5) is 13.2 Å². The molecular weight excluding hydrogens is 369 g/mol. The average molecular weight is 389 g/mol. The molecule has 1 aromatic heterocycles. The lowest BCUT2D eigenvalue weighted by atomic mass is 10.1. The van der Waals surface area contributed by atoms with Crippen LogP contribution in [0.5, 0.6) is 0 Å². The molecule has 2 aromatic rings. The van der Waals surface area contributed by atoms with E-state index in [-0.39, 0.29) is 5.92 Å². The van der Waals surface area contributed by atoms with Gasteiger partial charge >= 0.3 is 6.18 Å². The minimum absolute atomic E-state index is 0.287. The maximum absolute atomic E-state index is 12.4. The van der Waals surface area contributed by atoms with Gasteiger partial charge in [-0.15, -0.1) is 11.3 Å². The van der Waals surface area contributed by atoms with Gasteiger partial charge in [-0.05, 0) is 55.3 Å². The van der Waals surface area contributed by atoms with E-state index in [0.717, 1.165) is 35.0 Å². The Morgan fingerprint density at radius 1 is 1.24 bits per heavy atom. The van der Waals surface area contributed by atoms with Crippen molar-refractivity contribution in [2.75, 3.05) is 26.2 Å². The molecule has 0 spiro atoms. The first-order valence-electron chi connectivity index (χ1n) is 8.23. The predicted molar refractivity (Wildman–Crippen MR) is 97.1 cm³/mol. The zero-order valence-corrected chi connectivity index (χ0v) is 15.2. The van der Waals surface area contributed by atoms with E-state index in [1.807, 2.05) is 24.3 Å². The summed E-state index contributed by atoms with van der Waals surface area (Å²) in [6, 6.07) is 11.9. The highest BCUT2D eigenvalue weighted by molar-refractivity contribution is 7.15. The SMILES string of the molecule is FC(F)(F)CN1CCC(CNCc2ccc(-c3cccc(Cl)c3)s2)C1. The molecule has 0 saturated carbocycles. The van der Waals surface area contributed by atoms with Gasteiger partial charge in [0.2, 0.25) is 0 Å². The van der Waals surface area contributed by atoms with Gasteiger partial charge in [-0.2, -0.15) is 13.2 Å². The highest BCUT2D eigenvalue weighted by Gasteiger charge is 2.34. The van der Waals surface area contributed by atoms with Crippen LogP contribution in [0, 0.1) is 5.92 Å². The number of rotatable bonds is 6. The maximum Gasteiger partial charge on any atom is 0.401 e. The molecule has 0 bridgehead atoms. The van der Waals surface area contributed by atoms with Gasteiger partial charge in [0.05, 0.1) is 6.54 Å². The summed E-state index contributed by atoms with van der Waals surface area (Å²) in [5.41, 5.74) is 1.10. The Morgan fingerprint density at radius 2 is 2.08 bits per heavy atom. The van der Waals surface area contributed by atoms with Crippen LogP contribution in [0.3, 0.4) is 0 Å². The monoisotopic (exact) mass is 388 g/mol. The number of likely N-dealkylation sites (tertiary alicyclic amines) is 1. The van der Waals surface area contributed by atoms with Crippen LogP contribution in [-0.2, 0) is 6.54 Å². The molecule has 1 fully saturated rings. The first-order chi connectivity index (χ1) is 11.9. The Bertz CT molecular complexity index is 702. The van der Waals surface area contributed by atoms with Crippen LogP contribution < -0.4 is 5.32 Å². The summed E-state index contributed by atoms with van der Waals surface area (Å²) >= 11 is 7.73. The lowest BCUT2D eigenvalue weighted by Gasteiger charge is -2.17. The Labute approximate surface area is 154 Å². The van der Waals surface area contributed by atoms with Crippen LogP contribution >= 0.6 is 22.9 Å². The second kappa shape index (κ2) is 8.08. The molecule has 7 heteroatoms. The number of halogens is 4. The third-order valence-corrected chi connectivity index (χ3v) is 5.65. The van der Waals surface area contributed by atoms with Crippen molar-refractivity contribution in [3.63, 3.8) is 0 Å². The molecule has 2 nitrogen and oxygen atoms in total. The number of hydrogen-bond donors (Lipinski definition) is 1. The van der Waals surface area contributed by atoms with Gasteiger partial charge in [0.1, 0.15) is 0 Å². The minimum Gasteiger partial charge on any atom is -0.312 e. The average Bonchev–Trinajstić information content (AvgIpc) is 3.15. The van der Waals surface area contributed by atoms with Gasteiger partial charge in [0.15, 0.2) is 0 Å². The van der Waals surface area contributed by atoms with E-state index in [9.17, 15) is 13.2 Å². The van der Waals surface area contributed by atoms with Gasteiger partial charge in [0, 0.05) is 27.9 Å². The minimum atomic E-state index is -4.10. The maximum atomic E-state index is 12.4. The van der Waals surface area contributed by atoms with Crippen molar-refractivity contribution in [1.29, 1.82) is 0 Å². The number of nitrogens with one attached hydrogen (secondary N) is 1. The molecule has 1 saturated heterocycles. The number of alkyl halides is 3. The van der Waals surface area contributed by atoms with Crippen molar-refractivity contribution in [3.05, 3.63) is 46.3 Å². The van der Waals surface area contributed by atoms with E-state index in [0.29, 0.717) is 13.1 Å². The lowest BCUT2D eigenvalue weighted by Crippen LogP contribution is -2.33. The third kappa shape index (κ3) is 5.71. The molecule has 0 aliphatic carbocycles. The topological polar surface area (TPSA) is 15.3 Å². The molecule has 1 aromatic carbocycles. The Kier molecular flexibility index (Phi) is 6.04. The zero-order chi connectivity index (χ0) is 17.9. The number of benzene rings is 1. The van der Waals surface area contributed by atoms with E-state index in [1.165, 1.54) is 9.78 Å². The lowest BCUT2D eigenvalue weighted by molar-refractivity contribution is -0.143. The fourth-order valence-electron chi connectivity index (χ4n) is 3.15. The van der Waals surface area contributed by atoms with Crippen molar-refractivity contribution in [2.45, 2.75) is 19.1 Å². The first kappa shape index (κ1) is 18.7. The highest BCUT2D eigenvalue weighted by Crippen LogP contribution is 2.30. The Hall–Kier alpha value is -1.08. The summed E-state index contributed by atoms with van der Waals surface area (Å²) in [6.45, 7) is 1.74. The molecule has 2 heterocycles. The fraction of sp³-hybridized carbons (Fsp3) is 0.444. The van der Waals surface area contributed by atoms with Gasteiger partial charge < -0.3 is 5.32 Å². The molecular formula is C18H20ClF3N2S. The molecule has 136 valence electrons. The Balaban J connectivity index is 1.44. The summed E-state index contributed by atoms with van der Waals surface area (Å²) in [6.07, 6.45) is -3.28. The van der Waals surface area contributed by atoms with Crippen LogP contribution in [-0.4, -0.2) is 37.3 Å². The van der Waals surface area contributed by atoms with E-state index in [2.05, 4.69) is 17.4 Å². The molecule has 1 unspecified atom stereocenters. The smallest absolute Gasteiger partial charge is 0.312 e. The van der Waals surface area contributed by atoms with Crippen LogP contribution in [0.25, 0.3) is 10.4 Å². The number of nitrogens with zero attached hydrogens (tertiary/aromatic N) is 1. The summed E-state index contributed by atoms with van der Waals surface area (Å²) in [4.78, 5) is 3.87. The third-order valence-electron chi connectivity index (χ3n) is 4.28. The number of thiophene rings is 1. The van der Waals surface area contributed by atoms with Crippen LogP contribution in [0.2, 0.25) is 5.02 Å². The van der Waals surface area contributed by atoms with Crippen molar-refractivity contribution < 1.29 is 13.2 Å². The van der Waals surface area contributed by atoms with Crippen molar-refractivity contribution in [2.24, 2.45) is 5.92 Å². The zero-order valence-electron chi connectivity index (χ0n) is 13.7. The van der Waals surface area contributed by atoms with E-state index >= 15 is 0 Å². The van der Waals surface area contributed by atoms with E-state index in [1.54, 1.807) is 11.3 Å². The van der Waals surface area contributed by atoms with Gasteiger partial charge in [-0.1, -0.05) is 23.7 Å². The highest BCUT2D eigenvalue weighted by atomic mass is 35.5. The number of hydrogen-bond acceptors (Lipinski definition) is 3. The first-order valence-corrected chi connectivity index (χ1v) is 9.43. The Morgan fingerprint density at radius 3 is 2.84 bits per heavy atom. The summed E-state index contributed by atoms with van der Waals surface area (Å²) in [5, 5.41) is 4.10. The molecule has 1 N–H and O–H groups in total. The molecule has 1 aliphatic heterocycles. The molecule has 25 heavy (non-hydrogen) atoms. The van der Waals surface area contributed by atoms with Gasteiger partial charge in [-0.3, -0.25) is 4.90 Å². The molecule has 0 amide bonds. The summed E-state index contributed by atoms with van der Waals surface area (Å²) in [7, 11) is 0. The fourth-order valence-corrected chi connectivity index (χ4v) is 4.31. The summed E-state index contributed by atoms with van der Waals surface area (Å²) in [5.74, 6) is 0.287. The molecule has 1 aliphatic rings. The molecule has 3 rings (SSSR count). The van der Waals surface area contributed by atoms with Crippen molar-refractivity contribution in [3.8, 4) is 10.4 Å². The van der Waals surface area contributed by atoms with Crippen LogP contribution in [0.1, 0.15) is 11.3 Å². The quantitative estimate of drug-likeness (QED) is 0.745. The molecule has 0 radical (unpaired) electrons. The summed E-state index contributed by atoms with van der Waals surface area (Å²) < 4.78 is 37.2. The van der Waals surface area contributed by atoms with E-state index in [4.69, 9.17) is 11.6 Å². The molecule has 1 atom stereocenters. The normalized spacial score (nSPS) is 18.8.